The first-order valence-corrected chi connectivity index (χ1v) is 8.92. The lowest BCUT2D eigenvalue weighted by molar-refractivity contribution is 0.0857. The lowest BCUT2D eigenvalue weighted by Crippen LogP contribution is -2.31. The number of rotatable bonds is 7. The molecule has 1 N–H and O–H groups in total. The average Bonchev–Trinajstić information content (AvgIpc) is 3.18. The second-order valence-corrected chi connectivity index (χ2v) is 6.48. The van der Waals surface area contributed by atoms with Gasteiger partial charge in [-0.1, -0.05) is 12.1 Å². The van der Waals surface area contributed by atoms with Crippen LogP contribution in [0.15, 0.2) is 42.5 Å². The number of carbonyl (C=O) groups excluding carboxylic acids is 1. The summed E-state index contributed by atoms with van der Waals surface area (Å²) in [4.78, 5) is 12.4. The largest absolute Gasteiger partial charge is 0.496 e. The highest BCUT2D eigenvalue weighted by Crippen LogP contribution is 2.23. The summed E-state index contributed by atoms with van der Waals surface area (Å²) in [6.45, 7) is 3.68. The van der Waals surface area contributed by atoms with E-state index >= 15 is 0 Å². The van der Waals surface area contributed by atoms with Crippen molar-refractivity contribution in [3.63, 3.8) is 0 Å². The molecule has 5 nitrogen and oxygen atoms in total. The lowest BCUT2D eigenvalue weighted by atomic mass is 10.1. The maximum Gasteiger partial charge on any atom is 0.251 e. The summed E-state index contributed by atoms with van der Waals surface area (Å²) in [5, 5.41) is 2.94. The highest BCUT2D eigenvalue weighted by atomic mass is 16.5. The van der Waals surface area contributed by atoms with Gasteiger partial charge in [0.1, 0.15) is 18.1 Å². The minimum atomic E-state index is -0.111. The van der Waals surface area contributed by atoms with Crippen molar-refractivity contribution in [3.8, 4) is 11.5 Å². The van der Waals surface area contributed by atoms with E-state index in [0.717, 1.165) is 36.3 Å². The maximum atomic E-state index is 12.4. The molecule has 0 aliphatic carbocycles. The monoisotopic (exact) mass is 355 g/mol. The Labute approximate surface area is 154 Å². The van der Waals surface area contributed by atoms with Gasteiger partial charge in [0.15, 0.2) is 0 Å². The van der Waals surface area contributed by atoms with Gasteiger partial charge in [-0.05, 0) is 55.7 Å². The third kappa shape index (κ3) is 4.76. The number of methoxy groups -OCH3 is 1. The molecule has 1 atom stereocenters. The van der Waals surface area contributed by atoms with Crippen molar-refractivity contribution in [3.05, 3.63) is 59.2 Å². The Hall–Kier alpha value is -2.53. The molecule has 0 bridgehead atoms. The fraction of sp³-hybridized carbons (Fsp3) is 0.381. The number of ether oxygens (including phenoxy) is 3. The molecule has 2 aromatic carbocycles. The van der Waals surface area contributed by atoms with Crippen LogP contribution < -0.4 is 14.8 Å². The SMILES string of the molecule is COc1ccc(C(=O)NC[C@@H]2CCCO2)cc1COc1cccc(C)c1. The van der Waals surface area contributed by atoms with Gasteiger partial charge in [-0.2, -0.15) is 0 Å². The Balaban J connectivity index is 1.66. The van der Waals surface area contributed by atoms with E-state index < -0.39 is 0 Å². The van der Waals surface area contributed by atoms with Crippen molar-refractivity contribution >= 4 is 5.91 Å². The molecular formula is C21H25NO4. The number of hydrogen-bond donors (Lipinski definition) is 1. The Morgan fingerprint density at radius 1 is 1.27 bits per heavy atom. The summed E-state index contributed by atoms with van der Waals surface area (Å²) in [6.07, 6.45) is 2.18. The summed E-state index contributed by atoms with van der Waals surface area (Å²) in [5.74, 6) is 1.38. The van der Waals surface area contributed by atoms with E-state index in [1.165, 1.54) is 0 Å². The molecule has 138 valence electrons. The van der Waals surface area contributed by atoms with Crippen LogP contribution in [0.5, 0.6) is 11.5 Å². The van der Waals surface area contributed by atoms with Gasteiger partial charge in [0.25, 0.3) is 5.91 Å². The van der Waals surface area contributed by atoms with Gasteiger partial charge in [0.2, 0.25) is 0 Å². The maximum absolute atomic E-state index is 12.4. The number of amides is 1. The number of carbonyl (C=O) groups is 1. The quantitative estimate of drug-likeness (QED) is 0.826. The molecule has 0 aromatic heterocycles. The van der Waals surface area contributed by atoms with Crippen molar-refractivity contribution in [2.75, 3.05) is 20.3 Å². The van der Waals surface area contributed by atoms with Crippen LogP contribution in [0.25, 0.3) is 0 Å². The highest BCUT2D eigenvalue weighted by molar-refractivity contribution is 5.94. The number of benzene rings is 2. The molecule has 26 heavy (non-hydrogen) atoms. The first-order valence-electron chi connectivity index (χ1n) is 8.92. The van der Waals surface area contributed by atoms with Gasteiger partial charge >= 0.3 is 0 Å². The Kier molecular flexibility index (Phi) is 6.12. The van der Waals surface area contributed by atoms with Gasteiger partial charge in [0, 0.05) is 24.3 Å². The molecule has 1 aliphatic heterocycles. The predicted molar refractivity (Wildman–Crippen MR) is 99.8 cm³/mol. The smallest absolute Gasteiger partial charge is 0.251 e. The Morgan fingerprint density at radius 3 is 2.88 bits per heavy atom. The molecule has 0 unspecified atom stereocenters. The van der Waals surface area contributed by atoms with Gasteiger partial charge in [-0.15, -0.1) is 0 Å². The number of hydrogen-bond acceptors (Lipinski definition) is 4. The second kappa shape index (κ2) is 8.72. The summed E-state index contributed by atoms with van der Waals surface area (Å²) >= 11 is 0. The van der Waals surface area contributed by atoms with Gasteiger partial charge in [-0.3, -0.25) is 4.79 Å². The summed E-state index contributed by atoms with van der Waals surface area (Å²) in [7, 11) is 1.61. The first-order chi connectivity index (χ1) is 12.7. The first kappa shape index (κ1) is 18.3. The molecule has 1 saturated heterocycles. The van der Waals surface area contributed by atoms with E-state index in [0.29, 0.717) is 24.5 Å². The molecule has 1 heterocycles. The minimum absolute atomic E-state index is 0.111. The van der Waals surface area contributed by atoms with Crippen LogP contribution in [-0.2, 0) is 11.3 Å². The molecule has 1 fully saturated rings. The molecular weight excluding hydrogens is 330 g/mol. The van der Waals surface area contributed by atoms with Gasteiger partial charge in [-0.25, -0.2) is 0 Å². The molecule has 5 heteroatoms. The van der Waals surface area contributed by atoms with E-state index in [9.17, 15) is 4.79 Å². The Morgan fingerprint density at radius 2 is 2.15 bits per heavy atom. The van der Waals surface area contributed by atoms with Crippen LogP contribution >= 0.6 is 0 Å². The Bertz CT molecular complexity index is 753. The van der Waals surface area contributed by atoms with E-state index in [-0.39, 0.29) is 12.0 Å². The zero-order chi connectivity index (χ0) is 18.4. The zero-order valence-corrected chi connectivity index (χ0v) is 15.3. The third-order valence-electron chi connectivity index (χ3n) is 4.44. The topological polar surface area (TPSA) is 56.8 Å². The number of nitrogens with one attached hydrogen (secondary N) is 1. The third-order valence-corrected chi connectivity index (χ3v) is 4.44. The van der Waals surface area contributed by atoms with Gasteiger partial charge < -0.3 is 19.5 Å². The normalized spacial score (nSPS) is 16.3. The molecule has 2 aromatic rings. The summed E-state index contributed by atoms with van der Waals surface area (Å²) in [5.41, 5.74) is 2.56. The predicted octanol–water partition coefficient (Wildman–Crippen LogP) is 3.49. The fourth-order valence-electron chi connectivity index (χ4n) is 3.01. The standard InChI is InChI=1S/C21H25NO4/c1-15-5-3-6-18(11-15)26-14-17-12-16(8-9-20(17)24-2)21(23)22-13-19-7-4-10-25-19/h3,5-6,8-9,11-12,19H,4,7,10,13-14H2,1-2H3,(H,22,23)/t19-/m0/s1. The van der Waals surface area contributed by atoms with E-state index in [1.807, 2.05) is 37.3 Å². The molecule has 0 spiro atoms. The molecule has 3 rings (SSSR count). The van der Waals surface area contributed by atoms with Crippen LogP contribution in [0.2, 0.25) is 0 Å². The fourth-order valence-corrected chi connectivity index (χ4v) is 3.01. The summed E-state index contributed by atoms with van der Waals surface area (Å²) in [6, 6.07) is 13.3. The molecule has 1 aliphatic rings. The minimum Gasteiger partial charge on any atom is -0.496 e. The summed E-state index contributed by atoms with van der Waals surface area (Å²) < 4.78 is 16.8. The number of aryl methyl sites for hydroxylation is 1. The molecule has 0 saturated carbocycles. The van der Waals surface area contributed by atoms with Crippen molar-refractivity contribution < 1.29 is 19.0 Å². The zero-order valence-electron chi connectivity index (χ0n) is 15.3. The van der Waals surface area contributed by atoms with Crippen LogP contribution in [-0.4, -0.2) is 32.3 Å². The van der Waals surface area contributed by atoms with E-state index in [1.54, 1.807) is 19.2 Å². The van der Waals surface area contributed by atoms with Crippen molar-refractivity contribution in [1.82, 2.24) is 5.32 Å². The van der Waals surface area contributed by atoms with Crippen molar-refractivity contribution in [2.24, 2.45) is 0 Å². The van der Waals surface area contributed by atoms with Crippen LogP contribution in [0.4, 0.5) is 0 Å². The lowest BCUT2D eigenvalue weighted by Gasteiger charge is -2.14. The van der Waals surface area contributed by atoms with Crippen molar-refractivity contribution in [1.29, 1.82) is 0 Å². The second-order valence-electron chi connectivity index (χ2n) is 6.48. The van der Waals surface area contributed by atoms with Crippen LogP contribution in [0, 0.1) is 6.92 Å². The van der Waals surface area contributed by atoms with E-state index in [4.69, 9.17) is 14.2 Å². The van der Waals surface area contributed by atoms with Crippen LogP contribution in [0.1, 0.15) is 34.3 Å². The average molecular weight is 355 g/mol. The van der Waals surface area contributed by atoms with Gasteiger partial charge in [0.05, 0.1) is 13.2 Å². The molecule has 1 amide bonds. The highest BCUT2D eigenvalue weighted by Gasteiger charge is 2.17. The van der Waals surface area contributed by atoms with Crippen molar-refractivity contribution in [2.45, 2.75) is 32.5 Å². The van der Waals surface area contributed by atoms with Crippen LogP contribution in [0.3, 0.4) is 0 Å². The molecule has 0 radical (unpaired) electrons. The van der Waals surface area contributed by atoms with E-state index in [2.05, 4.69) is 5.32 Å².